The average Bonchev–Trinajstić information content (AvgIpc) is 2.94. The Balaban J connectivity index is 1.45. The number of para-hydroxylation sites is 1. The topological polar surface area (TPSA) is 27.7 Å². The van der Waals surface area contributed by atoms with E-state index in [4.69, 9.17) is 4.74 Å². The molecule has 0 amide bonds. The van der Waals surface area contributed by atoms with Gasteiger partial charge in [-0.15, -0.1) is 0 Å². The third kappa shape index (κ3) is 7.99. The summed E-state index contributed by atoms with van der Waals surface area (Å²) in [6, 6.07) is 19.3. The van der Waals surface area contributed by atoms with Crippen LogP contribution in [0.15, 0.2) is 72.8 Å². The summed E-state index contributed by atoms with van der Waals surface area (Å²) in [7, 11) is 1.58. The van der Waals surface area contributed by atoms with Crippen molar-refractivity contribution in [3.05, 3.63) is 101 Å². The first-order valence-corrected chi connectivity index (χ1v) is 13.2. The van der Waals surface area contributed by atoms with E-state index in [-0.39, 0.29) is 24.2 Å². The van der Waals surface area contributed by atoms with Gasteiger partial charge in [-0.3, -0.25) is 4.90 Å². The molecule has 3 aromatic rings. The van der Waals surface area contributed by atoms with Gasteiger partial charge < -0.3 is 15.0 Å². The maximum absolute atomic E-state index is 13.3. The third-order valence-electron chi connectivity index (χ3n) is 7.22. The van der Waals surface area contributed by atoms with Crippen LogP contribution in [0, 0.1) is 0 Å². The summed E-state index contributed by atoms with van der Waals surface area (Å²) in [5.74, 6) is 0.680. The number of alkyl halides is 6. The van der Waals surface area contributed by atoms with Crippen LogP contribution < -0.4 is 10.1 Å². The number of hydrogen-bond donors (Lipinski definition) is 1. The summed E-state index contributed by atoms with van der Waals surface area (Å²) in [4.78, 5) is 4.69. The molecule has 1 unspecified atom stereocenters. The third-order valence-corrected chi connectivity index (χ3v) is 7.22. The maximum atomic E-state index is 13.3. The molecular weight excluding hydrogens is 532 g/mol. The Kier molecular flexibility index (Phi) is 9.76. The van der Waals surface area contributed by atoms with E-state index >= 15 is 0 Å². The second-order valence-corrected chi connectivity index (χ2v) is 9.92. The lowest BCUT2D eigenvalue weighted by molar-refractivity contribution is -0.143. The molecule has 0 aliphatic carbocycles. The van der Waals surface area contributed by atoms with E-state index < -0.39 is 23.5 Å². The van der Waals surface area contributed by atoms with Crippen LogP contribution in [0.5, 0.6) is 5.75 Å². The zero-order valence-electron chi connectivity index (χ0n) is 22.2. The average molecular weight is 566 g/mol. The first kappa shape index (κ1) is 29.9. The number of piperazine rings is 1. The first-order valence-electron chi connectivity index (χ1n) is 13.2. The molecule has 0 saturated carbocycles. The van der Waals surface area contributed by atoms with Gasteiger partial charge in [0.2, 0.25) is 0 Å². The molecule has 1 saturated heterocycles. The van der Waals surface area contributed by atoms with Gasteiger partial charge in [0.25, 0.3) is 0 Å². The molecule has 1 heterocycles. The van der Waals surface area contributed by atoms with Crippen LogP contribution in [0.4, 0.5) is 26.3 Å². The second-order valence-electron chi connectivity index (χ2n) is 9.92. The number of benzene rings is 3. The van der Waals surface area contributed by atoms with Crippen molar-refractivity contribution in [2.75, 3.05) is 46.4 Å². The summed E-state index contributed by atoms with van der Waals surface area (Å²) in [5.41, 5.74) is -0.509. The van der Waals surface area contributed by atoms with Crippen molar-refractivity contribution in [3.8, 4) is 5.75 Å². The van der Waals surface area contributed by atoms with Gasteiger partial charge in [0, 0.05) is 51.4 Å². The molecule has 4 rings (SSSR count). The minimum Gasteiger partial charge on any atom is -0.496 e. The first-order chi connectivity index (χ1) is 19.0. The van der Waals surface area contributed by atoms with E-state index in [1.807, 2.05) is 42.5 Å². The highest BCUT2D eigenvalue weighted by Gasteiger charge is 2.37. The van der Waals surface area contributed by atoms with Crippen LogP contribution in [0.2, 0.25) is 0 Å². The molecule has 1 aliphatic rings. The highest BCUT2D eigenvalue weighted by molar-refractivity contribution is 5.37. The van der Waals surface area contributed by atoms with Crippen molar-refractivity contribution in [3.63, 3.8) is 0 Å². The lowest BCUT2D eigenvalue weighted by Gasteiger charge is -2.40. The summed E-state index contributed by atoms with van der Waals surface area (Å²) >= 11 is 0. The molecule has 0 spiro atoms. The molecule has 216 valence electrons. The van der Waals surface area contributed by atoms with Gasteiger partial charge in [-0.05, 0) is 41.8 Å². The number of ether oxygens (including phenoxy) is 1. The number of hydrogen-bond acceptors (Lipinski definition) is 4. The smallest absolute Gasteiger partial charge is 0.416 e. The molecule has 1 N–H and O–H groups in total. The number of halogens is 6. The van der Waals surface area contributed by atoms with E-state index in [2.05, 4.69) is 27.2 Å². The molecule has 0 aromatic heterocycles. The van der Waals surface area contributed by atoms with Crippen LogP contribution in [0.25, 0.3) is 0 Å². The lowest BCUT2D eigenvalue weighted by Crippen LogP contribution is -2.49. The largest absolute Gasteiger partial charge is 0.496 e. The summed E-state index contributed by atoms with van der Waals surface area (Å²) in [6.07, 6.45) is -8.80. The van der Waals surface area contributed by atoms with E-state index in [9.17, 15) is 26.3 Å². The normalized spacial score (nSPS) is 16.2. The Morgan fingerprint density at radius 3 is 1.98 bits per heavy atom. The maximum Gasteiger partial charge on any atom is 0.416 e. The molecular formula is C30H33F6N3O. The number of nitrogens with zero attached hydrogens (tertiary/aromatic N) is 2. The molecule has 0 radical (unpaired) electrons. The van der Waals surface area contributed by atoms with Gasteiger partial charge in [0.1, 0.15) is 5.75 Å². The molecule has 0 bridgehead atoms. The molecule has 10 heteroatoms. The monoisotopic (exact) mass is 565 g/mol. The fourth-order valence-electron chi connectivity index (χ4n) is 5.08. The van der Waals surface area contributed by atoms with Crippen molar-refractivity contribution in [1.82, 2.24) is 15.1 Å². The van der Waals surface area contributed by atoms with Crippen molar-refractivity contribution in [2.45, 2.75) is 31.4 Å². The number of methoxy groups -OCH3 is 1. The lowest BCUT2D eigenvalue weighted by atomic mass is 10.0. The minimum absolute atomic E-state index is 0.0772. The van der Waals surface area contributed by atoms with Gasteiger partial charge in [0.15, 0.2) is 0 Å². The second kappa shape index (κ2) is 13.1. The molecule has 3 aromatic carbocycles. The van der Waals surface area contributed by atoms with Gasteiger partial charge >= 0.3 is 12.4 Å². The van der Waals surface area contributed by atoms with Gasteiger partial charge in [-0.1, -0.05) is 48.5 Å². The van der Waals surface area contributed by atoms with Gasteiger partial charge in [-0.2, -0.15) is 26.3 Å². The SMILES string of the molecule is COc1ccccc1C(CNCc1cc(C(F)(F)F)cc(C(F)(F)F)c1)N1CCN(CCc2ccccc2)CC1. The summed E-state index contributed by atoms with van der Waals surface area (Å²) < 4.78 is 85.4. The zero-order valence-corrected chi connectivity index (χ0v) is 22.2. The highest BCUT2D eigenvalue weighted by Crippen LogP contribution is 2.36. The number of nitrogens with one attached hydrogen (secondary N) is 1. The zero-order chi connectivity index (χ0) is 28.8. The predicted octanol–water partition coefficient (Wildman–Crippen LogP) is 6.42. The van der Waals surface area contributed by atoms with Crippen molar-refractivity contribution >= 4 is 0 Å². The van der Waals surface area contributed by atoms with E-state index in [0.29, 0.717) is 12.3 Å². The molecule has 4 nitrogen and oxygen atoms in total. The molecule has 40 heavy (non-hydrogen) atoms. The van der Waals surface area contributed by atoms with Crippen molar-refractivity contribution in [1.29, 1.82) is 0 Å². The van der Waals surface area contributed by atoms with Gasteiger partial charge in [-0.25, -0.2) is 0 Å². The number of rotatable bonds is 10. The van der Waals surface area contributed by atoms with E-state index in [1.165, 1.54) is 5.56 Å². The predicted molar refractivity (Wildman–Crippen MR) is 142 cm³/mol. The van der Waals surface area contributed by atoms with Crippen LogP contribution in [-0.2, 0) is 25.3 Å². The Hall–Kier alpha value is -3.08. The van der Waals surface area contributed by atoms with E-state index in [0.717, 1.165) is 56.8 Å². The van der Waals surface area contributed by atoms with Crippen LogP contribution in [-0.4, -0.2) is 56.2 Å². The molecule has 1 atom stereocenters. The standard InChI is InChI=1S/C30H33F6N3O/c1-40-28-10-6-5-9-26(28)27(39-15-13-38(14-16-39)12-11-22-7-3-2-4-8-22)21-37-20-23-17-24(29(31,32)33)19-25(18-23)30(34,35)36/h2-10,17-19,27,37H,11-16,20-21H2,1H3. The summed E-state index contributed by atoms with van der Waals surface area (Å²) in [5, 5.41) is 3.12. The Bertz CT molecular complexity index is 1190. The van der Waals surface area contributed by atoms with Crippen LogP contribution in [0.1, 0.15) is 33.9 Å². The quantitative estimate of drug-likeness (QED) is 0.287. The Morgan fingerprint density at radius 2 is 1.38 bits per heavy atom. The highest BCUT2D eigenvalue weighted by atomic mass is 19.4. The van der Waals surface area contributed by atoms with Crippen LogP contribution in [0.3, 0.4) is 0 Å². The Morgan fingerprint density at radius 1 is 0.775 bits per heavy atom. The van der Waals surface area contributed by atoms with Crippen molar-refractivity contribution < 1.29 is 31.1 Å². The molecule has 1 aliphatic heterocycles. The van der Waals surface area contributed by atoms with Gasteiger partial charge in [0.05, 0.1) is 24.3 Å². The fourth-order valence-corrected chi connectivity index (χ4v) is 5.08. The van der Waals surface area contributed by atoms with E-state index in [1.54, 1.807) is 7.11 Å². The van der Waals surface area contributed by atoms with Crippen LogP contribution >= 0.6 is 0 Å². The van der Waals surface area contributed by atoms with Crippen molar-refractivity contribution in [2.24, 2.45) is 0 Å². The fraction of sp³-hybridized carbons (Fsp3) is 0.400. The minimum atomic E-state index is -4.88. The molecule has 1 fully saturated rings. The Labute approximate surface area is 230 Å². The summed E-state index contributed by atoms with van der Waals surface area (Å²) in [6.45, 7) is 4.34.